The minimum atomic E-state index is 0. The predicted molar refractivity (Wildman–Crippen MR) is 0 cm³/mol. The standard InChI is InChI=1S/Mo.Ni.Pd.Pt.Rh. The van der Waals surface area contributed by atoms with Gasteiger partial charge in [0.25, 0.3) is 0 Å². The Hall–Kier alpha value is 3.16. The summed E-state index contributed by atoms with van der Waals surface area (Å²) in [7, 11) is 0. The van der Waals surface area contributed by atoms with Crippen LogP contribution in [0.3, 0.4) is 0 Å². The maximum absolute atomic E-state index is 0. The van der Waals surface area contributed by atoms with Crippen molar-refractivity contribution >= 4 is 0 Å². The molecule has 0 N–H and O–H groups in total. The number of hydrogen-bond donors (Lipinski definition) is 0. The van der Waals surface area contributed by atoms with E-state index in [1.807, 2.05) is 0 Å². The Morgan fingerprint density at radius 2 is 1.00 bits per heavy atom. The van der Waals surface area contributed by atoms with Gasteiger partial charge >= 0.3 is 0 Å². The molecule has 0 aromatic carbocycles. The van der Waals surface area contributed by atoms with Gasteiger partial charge in [-0.1, -0.05) is 0 Å². The largest absolute Gasteiger partial charge is 0 e. The third-order valence-corrected chi connectivity index (χ3v) is 0. The minimum absolute atomic E-state index is 0. The van der Waals surface area contributed by atoms with Gasteiger partial charge in [-0.05, 0) is 0 Å². The van der Waals surface area contributed by atoms with Crippen LogP contribution in [0.5, 0.6) is 0 Å². The predicted octanol–water partition coefficient (Wildman–Crippen LogP) is -0.0125. The van der Waals surface area contributed by atoms with Gasteiger partial charge in [-0.15, -0.1) is 0 Å². The second-order valence-corrected chi connectivity index (χ2v) is 0. The molecule has 5 heteroatoms. The molecule has 0 aliphatic rings. The summed E-state index contributed by atoms with van der Waals surface area (Å²) in [5.41, 5.74) is 0. The van der Waals surface area contributed by atoms with E-state index in [4.69, 9.17) is 0 Å². The van der Waals surface area contributed by atoms with Crippen molar-refractivity contribution in [3.8, 4) is 0 Å². The minimum Gasteiger partial charge on any atom is 0 e. The van der Waals surface area contributed by atoms with Crippen molar-refractivity contribution in [3.05, 3.63) is 0 Å². The van der Waals surface area contributed by atoms with Gasteiger partial charge in [0, 0.05) is 98.5 Å². The fourth-order valence-corrected chi connectivity index (χ4v) is 0. The van der Waals surface area contributed by atoms with Crippen molar-refractivity contribution in [3.63, 3.8) is 0 Å². The summed E-state index contributed by atoms with van der Waals surface area (Å²) in [6.07, 6.45) is 0. The van der Waals surface area contributed by atoms with Crippen LogP contribution < -0.4 is 0 Å². The molecule has 0 aliphatic carbocycles. The Bertz CT molecular complexity index is 11.6. The van der Waals surface area contributed by atoms with E-state index in [2.05, 4.69) is 0 Å². The van der Waals surface area contributed by atoms with Crippen molar-refractivity contribution < 1.29 is 98.5 Å². The molecule has 45 valence electrons. The van der Waals surface area contributed by atoms with E-state index in [1.54, 1.807) is 0 Å². The molecule has 5 heavy (non-hydrogen) atoms. The van der Waals surface area contributed by atoms with Gasteiger partial charge in [-0.25, -0.2) is 0 Å². The molecule has 0 saturated carbocycles. The molecule has 0 spiro atoms. The summed E-state index contributed by atoms with van der Waals surface area (Å²) in [4.78, 5) is 0. The van der Waals surface area contributed by atoms with Crippen molar-refractivity contribution in [1.29, 1.82) is 0 Å². The molecule has 0 aromatic rings. The normalized spacial score (nSPS) is 0. The molecular formula is MoNiPdPtRh. The summed E-state index contributed by atoms with van der Waals surface area (Å²) in [5, 5.41) is 0. The molecule has 0 atom stereocenters. The average Bonchev–Trinajstić information content (AvgIpc) is 0. The second kappa shape index (κ2) is 27.2. The monoisotopic (exact) mass is 560 g/mol. The molecular weight excluding hydrogens is 559 g/mol. The van der Waals surface area contributed by atoms with Crippen molar-refractivity contribution in [2.75, 3.05) is 0 Å². The Balaban J connectivity index is 0. The molecule has 0 fully saturated rings. The smallest absolute Gasteiger partial charge is 0 e. The molecule has 0 rings (SSSR count). The molecule has 0 bridgehead atoms. The SMILES string of the molecule is [Mo].[Ni].[Pd].[Pt].[Rh]. The molecule has 0 nitrogen and oxygen atoms in total. The third-order valence-electron chi connectivity index (χ3n) is 0. The van der Waals surface area contributed by atoms with Gasteiger partial charge in [0.1, 0.15) is 0 Å². The zero-order valence-electron chi connectivity index (χ0n) is 1.69. The van der Waals surface area contributed by atoms with Crippen LogP contribution in [-0.4, -0.2) is 0 Å². The molecule has 0 aliphatic heterocycles. The zero-order chi connectivity index (χ0) is 0. The Kier molecular flexibility index (Phi) is 228. The number of hydrogen-bond acceptors (Lipinski definition) is 0. The zero-order valence-corrected chi connectivity index (χ0v) is 10.2. The first-order chi connectivity index (χ1) is 0. The first-order valence-electron chi connectivity index (χ1n) is 0. The maximum atomic E-state index is 0. The van der Waals surface area contributed by atoms with E-state index >= 15 is 0 Å². The molecule has 0 heterocycles. The Morgan fingerprint density at radius 3 is 1.00 bits per heavy atom. The fourth-order valence-electron chi connectivity index (χ4n) is 0. The third kappa shape index (κ3) is 19.1. The summed E-state index contributed by atoms with van der Waals surface area (Å²) in [5.74, 6) is 0. The summed E-state index contributed by atoms with van der Waals surface area (Å²) < 4.78 is 0. The Morgan fingerprint density at radius 1 is 1.00 bits per heavy atom. The summed E-state index contributed by atoms with van der Waals surface area (Å²) in [6, 6.07) is 0. The average molecular weight is 559 g/mol. The van der Waals surface area contributed by atoms with Crippen LogP contribution in [0.1, 0.15) is 0 Å². The van der Waals surface area contributed by atoms with Gasteiger partial charge in [-0.2, -0.15) is 0 Å². The van der Waals surface area contributed by atoms with Crippen molar-refractivity contribution in [1.82, 2.24) is 0 Å². The van der Waals surface area contributed by atoms with Crippen LogP contribution in [0.2, 0.25) is 0 Å². The van der Waals surface area contributed by atoms with E-state index in [-0.39, 0.29) is 98.5 Å². The second-order valence-electron chi connectivity index (χ2n) is 0. The van der Waals surface area contributed by atoms with Crippen LogP contribution in [0.4, 0.5) is 0 Å². The summed E-state index contributed by atoms with van der Waals surface area (Å²) >= 11 is 0. The van der Waals surface area contributed by atoms with Crippen molar-refractivity contribution in [2.45, 2.75) is 0 Å². The molecule has 0 unspecified atom stereocenters. The van der Waals surface area contributed by atoms with E-state index < -0.39 is 0 Å². The quantitative estimate of drug-likeness (QED) is 0.367. The first-order valence-corrected chi connectivity index (χ1v) is 0. The first kappa shape index (κ1) is 41.9. The van der Waals surface area contributed by atoms with Gasteiger partial charge < -0.3 is 0 Å². The number of rotatable bonds is 0. The topological polar surface area (TPSA) is 0 Å². The van der Waals surface area contributed by atoms with E-state index in [0.29, 0.717) is 0 Å². The van der Waals surface area contributed by atoms with Gasteiger partial charge in [0.05, 0.1) is 0 Å². The fraction of sp³-hybridized carbons (Fsp3) is 0. The van der Waals surface area contributed by atoms with E-state index in [0.717, 1.165) is 0 Å². The van der Waals surface area contributed by atoms with Crippen LogP contribution in [0.15, 0.2) is 0 Å². The van der Waals surface area contributed by atoms with Gasteiger partial charge in [0.15, 0.2) is 0 Å². The Labute approximate surface area is 96.9 Å². The van der Waals surface area contributed by atoms with Crippen LogP contribution in [0, 0.1) is 0 Å². The molecule has 0 amide bonds. The van der Waals surface area contributed by atoms with Crippen LogP contribution in [0.25, 0.3) is 0 Å². The van der Waals surface area contributed by atoms with E-state index in [9.17, 15) is 0 Å². The van der Waals surface area contributed by atoms with E-state index in [1.165, 1.54) is 0 Å². The maximum Gasteiger partial charge on any atom is 0 e. The summed E-state index contributed by atoms with van der Waals surface area (Å²) in [6.45, 7) is 0. The molecule has 1 radical (unpaired) electrons. The van der Waals surface area contributed by atoms with Gasteiger partial charge in [0.2, 0.25) is 0 Å². The van der Waals surface area contributed by atoms with Gasteiger partial charge in [-0.3, -0.25) is 0 Å². The van der Waals surface area contributed by atoms with Crippen LogP contribution >= 0.6 is 0 Å². The molecule has 0 aromatic heterocycles. The molecule has 0 saturated heterocycles. The van der Waals surface area contributed by atoms with Crippen LogP contribution in [-0.2, 0) is 98.5 Å². The van der Waals surface area contributed by atoms with Crippen molar-refractivity contribution in [2.24, 2.45) is 0 Å².